The third-order valence-electron chi connectivity index (χ3n) is 1.63. The van der Waals surface area contributed by atoms with E-state index in [1.807, 2.05) is 0 Å². The van der Waals surface area contributed by atoms with Crippen molar-refractivity contribution >= 4 is 6.29 Å². The van der Waals surface area contributed by atoms with Gasteiger partial charge in [0.25, 0.3) is 0 Å². The zero-order chi connectivity index (χ0) is 11.7. The Labute approximate surface area is 80.7 Å². The average molecular weight is 225 g/mol. The van der Waals surface area contributed by atoms with Gasteiger partial charge in [0.05, 0.1) is 0 Å². The van der Waals surface area contributed by atoms with Crippen LogP contribution in [0.15, 0.2) is 18.3 Å². The first kappa shape index (κ1) is 11.5. The van der Waals surface area contributed by atoms with Crippen LogP contribution < -0.4 is 0 Å². The normalized spacial score (nSPS) is 12.6. The molecule has 0 aliphatic carbocycles. The van der Waals surface area contributed by atoms with Crippen molar-refractivity contribution in [3.05, 3.63) is 29.6 Å². The Morgan fingerprint density at radius 3 is 2.07 bits per heavy atom. The van der Waals surface area contributed by atoms with E-state index in [2.05, 4.69) is 4.98 Å². The van der Waals surface area contributed by atoms with Gasteiger partial charge in [-0.15, -0.1) is 0 Å². The maximum Gasteiger partial charge on any atom is 0.458 e. The van der Waals surface area contributed by atoms with E-state index in [0.717, 1.165) is 6.07 Å². The predicted molar refractivity (Wildman–Crippen MR) is 39.6 cm³/mol. The number of carbonyl (C=O) groups is 1. The summed E-state index contributed by atoms with van der Waals surface area (Å²) in [5.41, 5.74) is -1.50. The molecule has 1 rings (SSSR count). The summed E-state index contributed by atoms with van der Waals surface area (Å²) in [6.07, 6.45) is -5.09. The zero-order valence-electron chi connectivity index (χ0n) is 7.05. The van der Waals surface area contributed by atoms with E-state index in [1.54, 1.807) is 0 Å². The van der Waals surface area contributed by atoms with Crippen LogP contribution in [0.25, 0.3) is 0 Å². The summed E-state index contributed by atoms with van der Waals surface area (Å²) in [4.78, 5) is 13.2. The maximum atomic E-state index is 12.6. The van der Waals surface area contributed by atoms with Crippen LogP contribution in [0.3, 0.4) is 0 Å². The van der Waals surface area contributed by atoms with Crippen LogP contribution in [0.1, 0.15) is 16.1 Å². The lowest BCUT2D eigenvalue weighted by atomic mass is 10.1. The molecule has 1 aromatic rings. The van der Waals surface area contributed by atoms with Gasteiger partial charge in [0, 0.05) is 11.8 Å². The fourth-order valence-corrected chi connectivity index (χ4v) is 0.824. The Morgan fingerprint density at radius 1 is 1.13 bits per heavy atom. The molecule has 0 spiro atoms. The predicted octanol–water partition coefficient (Wildman–Crippen LogP) is 2.55. The van der Waals surface area contributed by atoms with E-state index in [4.69, 9.17) is 0 Å². The molecule has 0 aliphatic heterocycles. The number of aromatic nitrogens is 1. The number of halogens is 5. The van der Waals surface area contributed by atoms with Crippen molar-refractivity contribution in [2.75, 3.05) is 0 Å². The van der Waals surface area contributed by atoms with Gasteiger partial charge in [0.15, 0.2) is 6.29 Å². The molecule has 0 N–H and O–H groups in total. The first-order chi connectivity index (χ1) is 6.79. The van der Waals surface area contributed by atoms with Gasteiger partial charge in [0.2, 0.25) is 0 Å². The summed E-state index contributed by atoms with van der Waals surface area (Å²) in [5, 5.41) is 0. The van der Waals surface area contributed by atoms with Crippen LogP contribution >= 0.6 is 0 Å². The number of pyridine rings is 1. The second kappa shape index (κ2) is 3.56. The van der Waals surface area contributed by atoms with Crippen LogP contribution in [-0.4, -0.2) is 17.4 Å². The van der Waals surface area contributed by atoms with E-state index in [0.29, 0.717) is 12.3 Å². The number of rotatable bonds is 2. The first-order valence-corrected chi connectivity index (χ1v) is 3.65. The molecule has 1 heterocycles. The molecule has 1 aromatic heterocycles. The Kier molecular flexibility index (Phi) is 2.74. The van der Waals surface area contributed by atoms with Crippen LogP contribution in [0, 0.1) is 0 Å². The summed E-state index contributed by atoms with van der Waals surface area (Å²) >= 11 is 0. The number of alkyl halides is 5. The number of carbonyl (C=O) groups excluding carboxylic acids is 1. The fourth-order valence-electron chi connectivity index (χ4n) is 0.824. The number of hydrogen-bond donors (Lipinski definition) is 0. The summed E-state index contributed by atoms with van der Waals surface area (Å²) in [5.74, 6) is -4.96. The van der Waals surface area contributed by atoms with E-state index in [9.17, 15) is 26.7 Å². The Balaban J connectivity index is 3.11. The average Bonchev–Trinajstić information content (AvgIpc) is 2.16. The van der Waals surface area contributed by atoms with E-state index >= 15 is 0 Å². The van der Waals surface area contributed by atoms with Crippen LogP contribution in [0.5, 0.6) is 0 Å². The van der Waals surface area contributed by atoms with E-state index in [-0.39, 0.29) is 12.0 Å². The molecule has 15 heavy (non-hydrogen) atoms. The minimum absolute atomic E-state index is 0.211. The molecular weight excluding hydrogens is 221 g/mol. The van der Waals surface area contributed by atoms with Gasteiger partial charge in [-0.2, -0.15) is 22.0 Å². The number of hydrogen-bond acceptors (Lipinski definition) is 2. The summed E-state index contributed by atoms with van der Waals surface area (Å²) in [6, 6.07) is 1.31. The lowest BCUT2D eigenvalue weighted by molar-refractivity contribution is -0.289. The molecule has 0 radical (unpaired) electrons. The molecule has 0 aliphatic rings. The minimum Gasteiger partial charge on any atom is -0.296 e. The summed E-state index contributed by atoms with van der Waals surface area (Å²) < 4.78 is 60.9. The number of aldehydes is 1. The molecule has 82 valence electrons. The first-order valence-electron chi connectivity index (χ1n) is 3.65. The highest BCUT2D eigenvalue weighted by molar-refractivity contribution is 5.71. The second-order valence-electron chi connectivity index (χ2n) is 2.66. The van der Waals surface area contributed by atoms with Gasteiger partial charge in [-0.1, -0.05) is 0 Å². The van der Waals surface area contributed by atoms with Gasteiger partial charge in [0.1, 0.15) is 5.69 Å². The lowest BCUT2D eigenvalue weighted by Gasteiger charge is -2.19. The lowest BCUT2D eigenvalue weighted by Crippen LogP contribution is -2.33. The van der Waals surface area contributed by atoms with Crippen molar-refractivity contribution in [2.24, 2.45) is 0 Å². The Morgan fingerprint density at radius 2 is 1.73 bits per heavy atom. The van der Waals surface area contributed by atoms with Crippen molar-refractivity contribution in [3.8, 4) is 0 Å². The van der Waals surface area contributed by atoms with Gasteiger partial charge in [-0.25, -0.2) is 0 Å². The van der Waals surface area contributed by atoms with Crippen molar-refractivity contribution in [1.29, 1.82) is 0 Å². The van der Waals surface area contributed by atoms with Crippen molar-refractivity contribution in [1.82, 2.24) is 4.98 Å². The topological polar surface area (TPSA) is 30.0 Å². The molecule has 0 bridgehead atoms. The summed E-state index contributed by atoms with van der Waals surface area (Å²) in [7, 11) is 0. The fraction of sp³-hybridized carbons (Fsp3) is 0.250. The number of nitrogens with zero attached hydrogens (tertiary/aromatic N) is 1. The monoisotopic (exact) mass is 225 g/mol. The third kappa shape index (κ3) is 2.11. The molecule has 0 saturated carbocycles. The maximum absolute atomic E-state index is 12.6. The van der Waals surface area contributed by atoms with E-state index in [1.165, 1.54) is 0 Å². The van der Waals surface area contributed by atoms with Gasteiger partial charge in [-0.05, 0) is 12.1 Å². The highest BCUT2D eigenvalue weighted by Gasteiger charge is 2.58. The SMILES string of the molecule is O=Cc1ccc(C(F)(F)C(F)(F)F)cn1. The zero-order valence-corrected chi connectivity index (χ0v) is 7.05. The highest BCUT2D eigenvalue weighted by atomic mass is 19.4. The Bertz CT molecular complexity index is 356. The van der Waals surface area contributed by atoms with Gasteiger partial charge < -0.3 is 0 Å². The standard InChI is InChI=1S/C8H4F5NO/c9-7(10,8(11,12)13)5-1-2-6(4-15)14-3-5/h1-4H. The highest BCUT2D eigenvalue weighted by Crippen LogP contribution is 2.43. The van der Waals surface area contributed by atoms with Crippen molar-refractivity contribution < 1.29 is 26.7 Å². The molecule has 0 amide bonds. The molecule has 0 aromatic carbocycles. The minimum atomic E-state index is -5.67. The molecule has 0 fully saturated rings. The van der Waals surface area contributed by atoms with Gasteiger partial charge in [-0.3, -0.25) is 9.78 Å². The second-order valence-corrected chi connectivity index (χ2v) is 2.66. The molecule has 2 nitrogen and oxygen atoms in total. The third-order valence-corrected chi connectivity index (χ3v) is 1.63. The molecule has 7 heteroatoms. The van der Waals surface area contributed by atoms with Crippen LogP contribution in [-0.2, 0) is 5.92 Å². The quantitative estimate of drug-likeness (QED) is 0.571. The van der Waals surface area contributed by atoms with E-state index < -0.39 is 17.7 Å². The largest absolute Gasteiger partial charge is 0.458 e. The molecular formula is C8H4F5NO. The molecule has 0 unspecified atom stereocenters. The van der Waals surface area contributed by atoms with Crippen LogP contribution in [0.4, 0.5) is 22.0 Å². The van der Waals surface area contributed by atoms with Crippen LogP contribution in [0.2, 0.25) is 0 Å². The smallest absolute Gasteiger partial charge is 0.296 e. The van der Waals surface area contributed by atoms with Gasteiger partial charge >= 0.3 is 12.1 Å². The molecule has 0 saturated heterocycles. The van der Waals surface area contributed by atoms with Crippen molar-refractivity contribution in [2.45, 2.75) is 12.1 Å². The molecule has 0 atom stereocenters. The summed E-state index contributed by atoms with van der Waals surface area (Å²) in [6.45, 7) is 0. The Hall–Kier alpha value is -1.53. The van der Waals surface area contributed by atoms with Crippen molar-refractivity contribution in [3.63, 3.8) is 0 Å².